The molecule has 2 aliphatic heterocycles. The standard InChI is InChI=1S/C16H23N3O/c1-11(2)9-14-13-10-12(19-7-5-17-6-8-19)3-4-15(13)18-16(14)20/h3-4,10-11,14,17H,5-9H2,1-2H3,(H,18,20). The first kappa shape index (κ1) is 13.4. The Morgan fingerprint density at radius 3 is 2.75 bits per heavy atom. The van der Waals surface area contributed by atoms with Crippen molar-refractivity contribution in [1.82, 2.24) is 5.32 Å². The van der Waals surface area contributed by atoms with Crippen LogP contribution in [0.4, 0.5) is 11.4 Å². The van der Waals surface area contributed by atoms with E-state index in [0.717, 1.165) is 38.3 Å². The monoisotopic (exact) mass is 273 g/mol. The highest BCUT2D eigenvalue weighted by atomic mass is 16.2. The highest BCUT2D eigenvalue weighted by Crippen LogP contribution is 2.38. The molecule has 1 atom stereocenters. The van der Waals surface area contributed by atoms with E-state index in [2.05, 4.69) is 47.6 Å². The second kappa shape index (κ2) is 5.44. The summed E-state index contributed by atoms with van der Waals surface area (Å²) >= 11 is 0. The van der Waals surface area contributed by atoms with Crippen LogP contribution in [0.25, 0.3) is 0 Å². The first-order valence-corrected chi connectivity index (χ1v) is 7.55. The van der Waals surface area contributed by atoms with Crippen molar-refractivity contribution < 1.29 is 4.79 Å². The largest absolute Gasteiger partial charge is 0.369 e. The first-order chi connectivity index (χ1) is 9.65. The van der Waals surface area contributed by atoms with Gasteiger partial charge in [0.25, 0.3) is 0 Å². The smallest absolute Gasteiger partial charge is 0.232 e. The van der Waals surface area contributed by atoms with E-state index in [-0.39, 0.29) is 11.8 Å². The fourth-order valence-corrected chi connectivity index (χ4v) is 3.14. The molecule has 0 radical (unpaired) electrons. The summed E-state index contributed by atoms with van der Waals surface area (Å²) in [4.78, 5) is 14.5. The highest BCUT2D eigenvalue weighted by Gasteiger charge is 2.31. The lowest BCUT2D eigenvalue weighted by Crippen LogP contribution is -2.43. The molecule has 1 amide bonds. The van der Waals surface area contributed by atoms with Crippen LogP contribution in [0, 0.1) is 5.92 Å². The Hall–Kier alpha value is -1.55. The Bertz CT molecular complexity index is 506. The van der Waals surface area contributed by atoms with Crippen LogP contribution < -0.4 is 15.5 Å². The van der Waals surface area contributed by atoms with Crippen LogP contribution in [0.2, 0.25) is 0 Å². The zero-order chi connectivity index (χ0) is 14.1. The maximum atomic E-state index is 12.1. The SMILES string of the molecule is CC(C)CC1C(=O)Nc2ccc(N3CCNCC3)cc21. The average molecular weight is 273 g/mol. The van der Waals surface area contributed by atoms with Gasteiger partial charge in [-0.25, -0.2) is 0 Å². The number of anilines is 2. The second-order valence-electron chi connectivity index (χ2n) is 6.18. The summed E-state index contributed by atoms with van der Waals surface area (Å²) in [6.07, 6.45) is 0.920. The molecule has 2 aliphatic rings. The molecule has 4 nitrogen and oxygen atoms in total. The zero-order valence-electron chi connectivity index (χ0n) is 12.3. The number of amides is 1. The molecule has 2 heterocycles. The zero-order valence-corrected chi connectivity index (χ0v) is 12.3. The molecule has 1 aromatic carbocycles. The van der Waals surface area contributed by atoms with E-state index in [9.17, 15) is 4.79 Å². The lowest BCUT2D eigenvalue weighted by molar-refractivity contribution is -0.117. The molecule has 0 saturated carbocycles. The van der Waals surface area contributed by atoms with Gasteiger partial charge in [0.05, 0.1) is 5.92 Å². The van der Waals surface area contributed by atoms with Crippen LogP contribution in [0.15, 0.2) is 18.2 Å². The quantitative estimate of drug-likeness (QED) is 0.887. The van der Waals surface area contributed by atoms with Gasteiger partial charge < -0.3 is 15.5 Å². The van der Waals surface area contributed by atoms with Gasteiger partial charge in [-0.2, -0.15) is 0 Å². The summed E-state index contributed by atoms with van der Waals surface area (Å²) in [7, 11) is 0. The van der Waals surface area contributed by atoms with E-state index in [1.165, 1.54) is 11.3 Å². The molecule has 20 heavy (non-hydrogen) atoms. The van der Waals surface area contributed by atoms with Gasteiger partial charge in [0.15, 0.2) is 0 Å². The van der Waals surface area contributed by atoms with Crippen LogP contribution in [-0.2, 0) is 4.79 Å². The van der Waals surface area contributed by atoms with Crippen LogP contribution in [0.5, 0.6) is 0 Å². The number of benzene rings is 1. The summed E-state index contributed by atoms with van der Waals surface area (Å²) in [5.41, 5.74) is 3.43. The Balaban J connectivity index is 1.87. The van der Waals surface area contributed by atoms with Gasteiger partial charge in [-0.15, -0.1) is 0 Å². The second-order valence-corrected chi connectivity index (χ2v) is 6.18. The number of piperazine rings is 1. The van der Waals surface area contributed by atoms with Crippen molar-refractivity contribution in [3.8, 4) is 0 Å². The van der Waals surface area contributed by atoms with E-state index in [1.54, 1.807) is 0 Å². The van der Waals surface area contributed by atoms with Gasteiger partial charge >= 0.3 is 0 Å². The van der Waals surface area contributed by atoms with E-state index >= 15 is 0 Å². The molecule has 0 spiro atoms. The van der Waals surface area contributed by atoms with Crippen molar-refractivity contribution in [3.63, 3.8) is 0 Å². The van der Waals surface area contributed by atoms with Crippen molar-refractivity contribution in [2.24, 2.45) is 5.92 Å². The van der Waals surface area contributed by atoms with Gasteiger partial charge in [0, 0.05) is 37.6 Å². The van der Waals surface area contributed by atoms with Crippen molar-refractivity contribution in [2.45, 2.75) is 26.2 Å². The van der Waals surface area contributed by atoms with Crippen molar-refractivity contribution in [2.75, 3.05) is 36.4 Å². The molecular weight excluding hydrogens is 250 g/mol. The predicted octanol–water partition coefficient (Wildman–Crippen LogP) is 2.18. The van der Waals surface area contributed by atoms with Crippen molar-refractivity contribution >= 4 is 17.3 Å². The summed E-state index contributed by atoms with van der Waals surface area (Å²) in [6, 6.07) is 6.40. The van der Waals surface area contributed by atoms with Crippen molar-refractivity contribution in [3.05, 3.63) is 23.8 Å². The van der Waals surface area contributed by atoms with Gasteiger partial charge in [-0.05, 0) is 36.1 Å². The molecule has 108 valence electrons. The van der Waals surface area contributed by atoms with Crippen LogP contribution >= 0.6 is 0 Å². The summed E-state index contributed by atoms with van der Waals surface area (Å²) in [6.45, 7) is 8.48. The lowest BCUT2D eigenvalue weighted by Gasteiger charge is -2.30. The van der Waals surface area contributed by atoms with Gasteiger partial charge in [-0.1, -0.05) is 13.8 Å². The maximum absolute atomic E-state index is 12.1. The maximum Gasteiger partial charge on any atom is 0.232 e. The normalized spacial score (nSPS) is 22.1. The number of carbonyl (C=O) groups excluding carboxylic acids is 1. The molecule has 1 unspecified atom stereocenters. The minimum absolute atomic E-state index is 0.0212. The Labute approximate surface area is 120 Å². The molecule has 2 N–H and O–H groups in total. The number of fused-ring (bicyclic) bond motifs is 1. The van der Waals surface area contributed by atoms with Gasteiger partial charge in [-0.3, -0.25) is 4.79 Å². The lowest BCUT2D eigenvalue weighted by atomic mass is 9.91. The fraction of sp³-hybridized carbons (Fsp3) is 0.562. The summed E-state index contributed by atoms with van der Waals surface area (Å²) < 4.78 is 0. The summed E-state index contributed by atoms with van der Waals surface area (Å²) in [5.74, 6) is 0.707. The number of rotatable bonds is 3. The van der Waals surface area contributed by atoms with Gasteiger partial charge in [0.2, 0.25) is 5.91 Å². The molecule has 0 aliphatic carbocycles. The molecule has 4 heteroatoms. The van der Waals surface area contributed by atoms with E-state index < -0.39 is 0 Å². The number of carbonyl (C=O) groups is 1. The number of nitrogens with one attached hydrogen (secondary N) is 2. The highest BCUT2D eigenvalue weighted by molar-refractivity contribution is 6.03. The third-order valence-corrected chi connectivity index (χ3v) is 4.17. The summed E-state index contributed by atoms with van der Waals surface area (Å²) in [5, 5.41) is 6.38. The minimum atomic E-state index is 0.0212. The van der Waals surface area contributed by atoms with Crippen LogP contribution in [0.1, 0.15) is 31.7 Å². The average Bonchev–Trinajstić information content (AvgIpc) is 2.75. The number of hydrogen-bond acceptors (Lipinski definition) is 3. The van der Waals surface area contributed by atoms with Crippen LogP contribution in [-0.4, -0.2) is 32.1 Å². The molecular formula is C16H23N3O. The predicted molar refractivity (Wildman–Crippen MR) is 82.4 cm³/mol. The molecule has 1 saturated heterocycles. The molecule has 1 fully saturated rings. The molecule has 1 aromatic rings. The first-order valence-electron chi connectivity index (χ1n) is 7.55. The number of hydrogen-bond donors (Lipinski definition) is 2. The van der Waals surface area contributed by atoms with E-state index in [4.69, 9.17) is 0 Å². The Morgan fingerprint density at radius 2 is 2.05 bits per heavy atom. The third-order valence-electron chi connectivity index (χ3n) is 4.17. The van der Waals surface area contributed by atoms with Crippen LogP contribution in [0.3, 0.4) is 0 Å². The third kappa shape index (κ3) is 2.52. The topological polar surface area (TPSA) is 44.4 Å². The molecule has 0 aromatic heterocycles. The Morgan fingerprint density at radius 1 is 1.30 bits per heavy atom. The molecule has 3 rings (SSSR count). The van der Waals surface area contributed by atoms with E-state index in [0.29, 0.717) is 5.92 Å². The Kier molecular flexibility index (Phi) is 3.66. The fourth-order valence-electron chi connectivity index (χ4n) is 3.14. The van der Waals surface area contributed by atoms with Gasteiger partial charge in [0.1, 0.15) is 0 Å². The van der Waals surface area contributed by atoms with E-state index in [1.807, 2.05) is 0 Å². The number of nitrogens with zero attached hydrogens (tertiary/aromatic N) is 1. The van der Waals surface area contributed by atoms with Crippen molar-refractivity contribution in [1.29, 1.82) is 0 Å². The minimum Gasteiger partial charge on any atom is -0.369 e. The molecule has 0 bridgehead atoms.